The second-order valence-electron chi connectivity index (χ2n) is 5.36. The summed E-state index contributed by atoms with van der Waals surface area (Å²) in [7, 11) is 0. The third-order valence-corrected chi connectivity index (χ3v) is 3.67. The van der Waals surface area contributed by atoms with Crippen LogP contribution in [0.2, 0.25) is 0 Å². The van der Waals surface area contributed by atoms with Crippen LogP contribution in [0.15, 0.2) is 53.7 Å². The van der Waals surface area contributed by atoms with Crippen molar-refractivity contribution >= 4 is 18.1 Å². The highest BCUT2D eigenvalue weighted by Gasteiger charge is 2.29. The van der Waals surface area contributed by atoms with Gasteiger partial charge in [-0.1, -0.05) is 0 Å². The molecule has 0 aliphatic carbocycles. The smallest absolute Gasteiger partial charge is 0.410 e. The molecule has 1 atom stereocenters. The van der Waals surface area contributed by atoms with Gasteiger partial charge in [0, 0.05) is 30.0 Å². The Morgan fingerprint density at radius 1 is 1.11 bits per heavy atom. The highest BCUT2D eigenvalue weighted by Crippen LogP contribution is 2.29. The summed E-state index contributed by atoms with van der Waals surface area (Å²) < 4.78 is 45.8. The van der Waals surface area contributed by atoms with E-state index in [0.29, 0.717) is 12.1 Å². The minimum Gasteiger partial charge on any atom is -0.410 e. The van der Waals surface area contributed by atoms with Gasteiger partial charge in [-0.15, -0.1) is 0 Å². The fourth-order valence-corrected chi connectivity index (χ4v) is 2.37. The third kappa shape index (κ3) is 3.78. The first kappa shape index (κ1) is 18.1. The minimum atomic E-state index is -1.36. The Labute approximate surface area is 150 Å². The van der Waals surface area contributed by atoms with Gasteiger partial charge in [0.1, 0.15) is 17.9 Å². The normalized spacial score (nSPS) is 15.7. The lowest BCUT2D eigenvalue weighted by atomic mass is 10.0. The van der Waals surface area contributed by atoms with E-state index >= 15 is 0 Å². The van der Waals surface area contributed by atoms with Crippen molar-refractivity contribution in [3.05, 3.63) is 81.8 Å². The molecule has 0 fully saturated rings. The average molecular weight is 377 g/mol. The SMILES string of the molecule is O=C(Oc1ccc([N+](=O)[O-])cc1)N1C=NC=CC1c1cc(F)c(F)cc1F. The molecule has 1 aliphatic rings. The highest BCUT2D eigenvalue weighted by molar-refractivity contribution is 5.85. The van der Waals surface area contributed by atoms with E-state index in [1.54, 1.807) is 0 Å². The molecule has 2 aromatic carbocycles. The van der Waals surface area contributed by atoms with E-state index in [1.807, 2.05) is 0 Å². The molecule has 10 heteroatoms. The quantitative estimate of drug-likeness (QED) is 0.458. The van der Waals surface area contributed by atoms with Crippen molar-refractivity contribution in [3.8, 4) is 5.75 Å². The number of non-ortho nitro benzene ring substituents is 1. The van der Waals surface area contributed by atoms with Gasteiger partial charge in [-0.25, -0.2) is 23.0 Å². The maximum atomic E-state index is 14.1. The molecule has 1 amide bonds. The standard InChI is InChI=1S/C17H10F3N3O4/c18-13-8-15(20)14(19)7-12(13)16-5-6-21-9-22(16)17(24)27-11-3-1-10(2-4-11)23(25)26/h1-9,16H. The Morgan fingerprint density at radius 2 is 1.78 bits per heavy atom. The Hall–Kier alpha value is -3.69. The molecule has 0 bridgehead atoms. The first-order chi connectivity index (χ1) is 12.9. The molecule has 3 rings (SSSR count). The number of halogens is 3. The molecule has 138 valence electrons. The number of aliphatic imine (C=N–C) groups is 1. The number of rotatable bonds is 3. The number of carbonyl (C=O) groups is 1. The number of benzene rings is 2. The van der Waals surface area contributed by atoms with Crippen molar-refractivity contribution in [2.45, 2.75) is 6.04 Å². The summed E-state index contributed by atoms with van der Waals surface area (Å²) in [5, 5.41) is 10.6. The Bertz CT molecular complexity index is 961. The van der Waals surface area contributed by atoms with Crippen LogP contribution >= 0.6 is 0 Å². The first-order valence-corrected chi connectivity index (χ1v) is 7.46. The first-order valence-electron chi connectivity index (χ1n) is 7.46. The molecule has 1 aliphatic heterocycles. The maximum absolute atomic E-state index is 14.1. The van der Waals surface area contributed by atoms with Crippen LogP contribution in [0.25, 0.3) is 0 Å². The van der Waals surface area contributed by atoms with Crippen molar-refractivity contribution in [3.63, 3.8) is 0 Å². The van der Waals surface area contributed by atoms with E-state index in [-0.39, 0.29) is 17.0 Å². The third-order valence-electron chi connectivity index (χ3n) is 3.67. The lowest BCUT2D eigenvalue weighted by molar-refractivity contribution is -0.384. The minimum absolute atomic E-state index is 0.00179. The summed E-state index contributed by atoms with van der Waals surface area (Å²) >= 11 is 0. The molecule has 0 spiro atoms. The van der Waals surface area contributed by atoms with E-state index in [4.69, 9.17) is 4.74 Å². The van der Waals surface area contributed by atoms with Crippen molar-refractivity contribution in [1.29, 1.82) is 0 Å². The van der Waals surface area contributed by atoms with Crippen molar-refractivity contribution in [2.75, 3.05) is 0 Å². The molecule has 2 aromatic rings. The number of nitro benzene ring substituents is 1. The lowest BCUT2D eigenvalue weighted by Gasteiger charge is -2.27. The number of nitro groups is 1. The van der Waals surface area contributed by atoms with Gasteiger partial charge < -0.3 is 4.74 Å². The lowest BCUT2D eigenvalue weighted by Crippen LogP contribution is -2.36. The fourth-order valence-electron chi connectivity index (χ4n) is 2.37. The van der Waals surface area contributed by atoms with Gasteiger partial charge >= 0.3 is 6.09 Å². The fraction of sp³-hybridized carbons (Fsp3) is 0.0588. The highest BCUT2D eigenvalue weighted by atomic mass is 19.2. The largest absolute Gasteiger partial charge is 0.421 e. The number of carbonyl (C=O) groups excluding carboxylic acids is 1. The number of hydrogen-bond donors (Lipinski definition) is 0. The van der Waals surface area contributed by atoms with Crippen LogP contribution in [0.3, 0.4) is 0 Å². The van der Waals surface area contributed by atoms with Gasteiger partial charge in [-0.05, 0) is 24.3 Å². The van der Waals surface area contributed by atoms with Gasteiger partial charge in [0.05, 0.1) is 11.0 Å². The summed E-state index contributed by atoms with van der Waals surface area (Å²) in [6, 6.07) is 4.59. The zero-order chi connectivity index (χ0) is 19.6. The van der Waals surface area contributed by atoms with Crippen molar-refractivity contribution in [1.82, 2.24) is 4.90 Å². The molecule has 0 saturated carbocycles. The molecular weight excluding hydrogens is 367 g/mol. The molecule has 27 heavy (non-hydrogen) atoms. The van der Waals surface area contributed by atoms with E-state index < -0.39 is 34.5 Å². The van der Waals surface area contributed by atoms with Crippen LogP contribution in [0, 0.1) is 27.6 Å². The summed E-state index contributed by atoms with van der Waals surface area (Å²) in [5.74, 6) is -3.68. The zero-order valence-electron chi connectivity index (χ0n) is 13.4. The van der Waals surface area contributed by atoms with Crippen LogP contribution in [-0.2, 0) is 0 Å². The van der Waals surface area contributed by atoms with E-state index in [2.05, 4.69) is 4.99 Å². The van der Waals surface area contributed by atoms with Gasteiger partial charge in [0.25, 0.3) is 5.69 Å². The van der Waals surface area contributed by atoms with E-state index in [0.717, 1.165) is 23.4 Å². The van der Waals surface area contributed by atoms with Crippen LogP contribution < -0.4 is 4.74 Å². The topological polar surface area (TPSA) is 85.0 Å². The monoisotopic (exact) mass is 377 g/mol. The molecule has 1 heterocycles. The number of nitrogens with zero attached hydrogens (tertiary/aromatic N) is 3. The second kappa shape index (κ2) is 7.28. The summed E-state index contributed by atoms with van der Waals surface area (Å²) in [6.07, 6.45) is 2.61. The molecule has 0 aromatic heterocycles. The second-order valence-corrected chi connectivity index (χ2v) is 5.36. The number of ether oxygens (including phenoxy) is 1. The predicted octanol–water partition coefficient (Wildman–Crippen LogP) is 4.11. The van der Waals surface area contributed by atoms with Crippen LogP contribution in [0.1, 0.15) is 11.6 Å². The summed E-state index contributed by atoms with van der Waals surface area (Å²) in [6.45, 7) is 0. The Kier molecular flexibility index (Phi) is 4.88. The number of hydrogen-bond acceptors (Lipinski definition) is 5. The summed E-state index contributed by atoms with van der Waals surface area (Å²) in [5.41, 5.74) is -0.490. The Morgan fingerprint density at radius 3 is 2.44 bits per heavy atom. The van der Waals surface area contributed by atoms with Crippen molar-refractivity contribution < 1.29 is 27.6 Å². The molecule has 0 radical (unpaired) electrons. The Balaban J connectivity index is 1.84. The molecule has 7 nitrogen and oxygen atoms in total. The van der Waals surface area contributed by atoms with E-state index in [1.165, 1.54) is 24.4 Å². The molecule has 0 saturated heterocycles. The van der Waals surface area contributed by atoms with Crippen molar-refractivity contribution in [2.24, 2.45) is 4.99 Å². The number of amides is 1. The maximum Gasteiger partial charge on any atom is 0.421 e. The van der Waals surface area contributed by atoms with Gasteiger partial charge in [0.2, 0.25) is 0 Å². The molecular formula is C17H10F3N3O4. The van der Waals surface area contributed by atoms with Crippen LogP contribution in [0.4, 0.5) is 23.7 Å². The van der Waals surface area contributed by atoms with E-state index in [9.17, 15) is 28.1 Å². The van der Waals surface area contributed by atoms with Gasteiger partial charge in [-0.2, -0.15) is 0 Å². The summed E-state index contributed by atoms with van der Waals surface area (Å²) in [4.78, 5) is 27.0. The average Bonchev–Trinajstić information content (AvgIpc) is 2.65. The molecule has 1 unspecified atom stereocenters. The van der Waals surface area contributed by atoms with Crippen LogP contribution in [-0.4, -0.2) is 22.3 Å². The van der Waals surface area contributed by atoms with Gasteiger partial charge in [-0.3, -0.25) is 15.0 Å². The van der Waals surface area contributed by atoms with Crippen LogP contribution in [0.5, 0.6) is 5.75 Å². The zero-order valence-corrected chi connectivity index (χ0v) is 13.4. The van der Waals surface area contributed by atoms with Gasteiger partial charge in [0.15, 0.2) is 11.6 Å². The molecule has 0 N–H and O–H groups in total. The predicted molar refractivity (Wildman–Crippen MR) is 87.6 cm³/mol.